The molecule has 0 saturated heterocycles. The number of aromatic nitrogens is 1. The Kier molecular flexibility index (Phi) is 4.97. The van der Waals surface area contributed by atoms with Crippen molar-refractivity contribution in [3.8, 4) is 33.5 Å². The number of hydrogen-bond donors (Lipinski definition) is 0. The fourth-order valence-corrected chi connectivity index (χ4v) is 6.64. The maximum atomic E-state index is 4.88. The molecule has 7 rings (SSSR count). The van der Waals surface area contributed by atoms with E-state index in [-0.39, 0.29) is 25.5 Å². The second kappa shape index (κ2) is 7.85. The van der Waals surface area contributed by atoms with Crippen LogP contribution in [0.3, 0.4) is 0 Å². The molecule has 1 heterocycles. The minimum atomic E-state index is -0.370. The van der Waals surface area contributed by atoms with Gasteiger partial charge in [0.25, 0.3) is 0 Å². The van der Waals surface area contributed by atoms with Gasteiger partial charge in [-0.05, 0) is 54.8 Å². The van der Waals surface area contributed by atoms with Gasteiger partial charge in [-0.1, -0.05) is 100 Å². The summed E-state index contributed by atoms with van der Waals surface area (Å²) in [6.07, 6.45) is 1.91. The van der Waals surface area contributed by atoms with Crippen molar-refractivity contribution in [3.63, 3.8) is 0 Å². The number of aryl methyl sites for hydroxylation is 3. The summed E-state index contributed by atoms with van der Waals surface area (Å²) in [5, 5.41) is 0. The molecule has 2 heteroatoms. The maximum Gasteiger partial charge on any atom is 0.0314 e. The van der Waals surface area contributed by atoms with Gasteiger partial charge in [0, 0.05) is 31.7 Å². The molecule has 0 N–H and O–H groups in total. The summed E-state index contributed by atoms with van der Waals surface area (Å²) in [7, 11) is 0. The average Bonchev–Trinajstić information content (AvgIpc) is 3.31. The quantitative estimate of drug-likeness (QED) is 0.170. The van der Waals surface area contributed by atoms with Crippen molar-refractivity contribution in [1.82, 2.24) is 4.98 Å². The topological polar surface area (TPSA) is 12.9 Å². The fourth-order valence-electron chi connectivity index (χ4n) is 6.64. The van der Waals surface area contributed by atoms with E-state index in [4.69, 9.17) is 4.98 Å². The molecule has 171 valence electrons. The van der Waals surface area contributed by atoms with E-state index in [0.717, 1.165) is 11.3 Å². The molecule has 0 unspecified atom stereocenters. The predicted molar refractivity (Wildman–Crippen MR) is 139 cm³/mol. The zero-order chi connectivity index (χ0) is 23.0. The molecule has 0 aliphatic heterocycles. The third kappa shape index (κ3) is 2.81. The van der Waals surface area contributed by atoms with Crippen LogP contribution in [0.25, 0.3) is 33.5 Å². The number of fused-ring (bicyclic) bond motifs is 10. The molecule has 1 spiro atoms. The Morgan fingerprint density at radius 2 is 1.29 bits per heavy atom. The molecule has 1 nitrogen and oxygen atoms in total. The molecule has 0 amide bonds. The molecule has 2 aliphatic carbocycles. The minimum Gasteiger partial charge on any atom is -0.304 e. The van der Waals surface area contributed by atoms with Crippen LogP contribution in [-0.2, 0) is 25.5 Å². The van der Waals surface area contributed by atoms with Crippen LogP contribution in [0.1, 0.15) is 38.9 Å². The first kappa shape index (κ1) is 22.2. The molecule has 2 aliphatic rings. The predicted octanol–water partition coefficient (Wildman–Crippen LogP) is 7.82. The van der Waals surface area contributed by atoms with Gasteiger partial charge in [0.2, 0.25) is 0 Å². The Balaban J connectivity index is 0.00000229. The van der Waals surface area contributed by atoms with E-state index in [2.05, 4.69) is 112 Å². The van der Waals surface area contributed by atoms with Gasteiger partial charge in [0.15, 0.2) is 0 Å². The van der Waals surface area contributed by atoms with Crippen molar-refractivity contribution in [2.75, 3.05) is 0 Å². The van der Waals surface area contributed by atoms with E-state index < -0.39 is 0 Å². The number of pyridine rings is 1. The summed E-state index contributed by atoms with van der Waals surface area (Å²) < 4.78 is 0. The Labute approximate surface area is 220 Å². The van der Waals surface area contributed by atoms with Gasteiger partial charge in [-0.3, -0.25) is 0 Å². The molecule has 4 aromatic carbocycles. The van der Waals surface area contributed by atoms with Gasteiger partial charge in [-0.2, -0.15) is 0 Å². The van der Waals surface area contributed by atoms with Crippen LogP contribution < -0.4 is 0 Å². The van der Waals surface area contributed by atoms with Crippen LogP contribution >= 0.6 is 0 Å². The third-order valence-electron chi connectivity index (χ3n) is 7.71. The fraction of sp³-hybridized carbons (Fsp3) is 0.121. The van der Waals surface area contributed by atoms with Crippen LogP contribution in [0.5, 0.6) is 0 Å². The van der Waals surface area contributed by atoms with Crippen molar-refractivity contribution >= 4 is 0 Å². The van der Waals surface area contributed by atoms with Crippen LogP contribution in [-0.4, -0.2) is 4.98 Å². The molecule has 0 atom stereocenters. The molecule has 0 bridgehead atoms. The Morgan fingerprint density at radius 1 is 0.686 bits per heavy atom. The first-order chi connectivity index (χ1) is 16.6. The normalized spacial score (nSPS) is 13.6. The van der Waals surface area contributed by atoms with Crippen molar-refractivity contribution in [2.45, 2.75) is 26.2 Å². The molecular weight excluding hydrogens is 603 g/mol. The summed E-state index contributed by atoms with van der Waals surface area (Å²) in [5.41, 5.74) is 16.1. The SMILES string of the molecule is Cc1cc(C)c(-c2c[c-]c3c(c2)C2(c4ccccc4-c4ccccc42)c2cccnc2-3)c(C)c1.[Ir]. The smallest absolute Gasteiger partial charge is 0.0314 e. The molecule has 35 heavy (non-hydrogen) atoms. The molecule has 5 aromatic rings. The zero-order valence-electron chi connectivity index (χ0n) is 19.9. The zero-order valence-corrected chi connectivity index (χ0v) is 22.3. The molecule has 0 fully saturated rings. The molecule has 1 radical (unpaired) electrons. The van der Waals surface area contributed by atoms with E-state index in [1.807, 2.05) is 6.20 Å². The number of hydrogen-bond acceptors (Lipinski definition) is 1. The molecule has 1 aromatic heterocycles. The van der Waals surface area contributed by atoms with E-state index in [1.165, 1.54) is 61.2 Å². The summed E-state index contributed by atoms with van der Waals surface area (Å²) in [4.78, 5) is 4.88. The summed E-state index contributed by atoms with van der Waals surface area (Å²) >= 11 is 0. The second-order valence-corrected chi connectivity index (χ2v) is 9.69. The Morgan fingerprint density at radius 3 is 1.94 bits per heavy atom. The van der Waals surface area contributed by atoms with Crippen molar-refractivity contribution in [1.29, 1.82) is 0 Å². The maximum absolute atomic E-state index is 4.88. The van der Waals surface area contributed by atoms with Crippen molar-refractivity contribution in [3.05, 3.63) is 136 Å². The standard InChI is InChI=1S/C33H24N.Ir/c1-20-17-21(2)31(22(3)18-20)23-14-15-26-30(19-23)33(29-13-8-16-34-32(26)29)27-11-6-4-9-24(27)25-10-5-7-12-28(25)33;/h4-14,16-19H,1-3H3;/q-1;. The van der Waals surface area contributed by atoms with Crippen LogP contribution in [0.4, 0.5) is 0 Å². The molecular formula is C33H24IrN-. The van der Waals surface area contributed by atoms with Crippen molar-refractivity contribution in [2.24, 2.45) is 0 Å². The summed E-state index contributed by atoms with van der Waals surface area (Å²) in [5.74, 6) is 0. The summed E-state index contributed by atoms with van der Waals surface area (Å²) in [6.45, 7) is 6.60. The van der Waals surface area contributed by atoms with E-state index in [1.54, 1.807) is 0 Å². The van der Waals surface area contributed by atoms with Gasteiger partial charge in [-0.25, -0.2) is 0 Å². The van der Waals surface area contributed by atoms with Gasteiger partial charge in [0.1, 0.15) is 0 Å². The number of rotatable bonds is 1. The average molecular weight is 627 g/mol. The van der Waals surface area contributed by atoms with Crippen LogP contribution in [0.2, 0.25) is 0 Å². The summed E-state index contributed by atoms with van der Waals surface area (Å²) in [6, 6.07) is 34.9. The van der Waals surface area contributed by atoms with E-state index in [0.29, 0.717) is 0 Å². The van der Waals surface area contributed by atoms with Gasteiger partial charge >= 0.3 is 0 Å². The first-order valence-corrected chi connectivity index (χ1v) is 11.9. The Bertz CT molecular complexity index is 1560. The van der Waals surface area contributed by atoms with Gasteiger partial charge in [-0.15, -0.1) is 29.3 Å². The minimum absolute atomic E-state index is 0. The monoisotopic (exact) mass is 627 g/mol. The third-order valence-corrected chi connectivity index (χ3v) is 7.71. The van der Waals surface area contributed by atoms with Crippen LogP contribution in [0, 0.1) is 26.8 Å². The largest absolute Gasteiger partial charge is 0.304 e. The van der Waals surface area contributed by atoms with Crippen LogP contribution in [0.15, 0.2) is 91.1 Å². The first-order valence-electron chi connectivity index (χ1n) is 11.9. The number of nitrogens with zero attached hydrogens (tertiary/aromatic N) is 1. The number of benzene rings is 4. The van der Waals surface area contributed by atoms with Gasteiger partial charge < -0.3 is 4.98 Å². The van der Waals surface area contributed by atoms with E-state index in [9.17, 15) is 0 Å². The second-order valence-electron chi connectivity index (χ2n) is 9.69. The van der Waals surface area contributed by atoms with E-state index >= 15 is 0 Å². The van der Waals surface area contributed by atoms with Crippen molar-refractivity contribution < 1.29 is 20.1 Å². The molecule has 0 saturated carbocycles. The Hall–Kier alpha value is -3.32. The van der Waals surface area contributed by atoms with Gasteiger partial charge in [0.05, 0.1) is 0 Å².